The second-order valence-electron chi connectivity index (χ2n) is 2.80. The van der Waals surface area contributed by atoms with Gasteiger partial charge in [-0.05, 0) is 13.3 Å². The van der Waals surface area contributed by atoms with Gasteiger partial charge in [0.2, 0.25) is 5.91 Å². The van der Waals surface area contributed by atoms with Gasteiger partial charge >= 0.3 is 0 Å². The summed E-state index contributed by atoms with van der Waals surface area (Å²) in [5, 5.41) is 5.79. The van der Waals surface area contributed by atoms with Crippen LogP contribution >= 0.6 is 0 Å². The van der Waals surface area contributed by atoms with Crippen molar-refractivity contribution in [3.05, 3.63) is 12.7 Å². The molecule has 0 spiro atoms. The lowest BCUT2D eigenvalue weighted by Crippen LogP contribution is -2.30. The number of nitrogens with one attached hydrogen (secondary N) is 2. The summed E-state index contributed by atoms with van der Waals surface area (Å²) in [6.45, 7) is 6.45. The van der Waals surface area contributed by atoms with Crippen LogP contribution in [0.3, 0.4) is 0 Å². The van der Waals surface area contributed by atoms with Crippen molar-refractivity contribution in [2.24, 2.45) is 0 Å². The van der Waals surface area contributed by atoms with Crippen molar-refractivity contribution in [1.29, 1.82) is 0 Å². The molecular formula is C9H18N2O. The van der Waals surface area contributed by atoms with E-state index in [4.69, 9.17) is 0 Å². The van der Waals surface area contributed by atoms with E-state index in [0.29, 0.717) is 12.5 Å². The molecule has 1 atom stereocenters. The van der Waals surface area contributed by atoms with Gasteiger partial charge in [0.15, 0.2) is 0 Å². The number of amides is 1. The highest BCUT2D eigenvalue weighted by atomic mass is 16.1. The fourth-order valence-electron chi connectivity index (χ4n) is 0.890. The van der Waals surface area contributed by atoms with E-state index in [0.717, 1.165) is 13.0 Å². The third-order valence-corrected chi connectivity index (χ3v) is 1.64. The minimum absolute atomic E-state index is 0.0771. The van der Waals surface area contributed by atoms with Crippen LogP contribution in [0.15, 0.2) is 12.7 Å². The van der Waals surface area contributed by atoms with Gasteiger partial charge < -0.3 is 10.6 Å². The van der Waals surface area contributed by atoms with Gasteiger partial charge in [-0.15, -0.1) is 6.58 Å². The van der Waals surface area contributed by atoms with Gasteiger partial charge in [0.1, 0.15) is 0 Å². The van der Waals surface area contributed by atoms with Crippen LogP contribution in [0.5, 0.6) is 0 Å². The summed E-state index contributed by atoms with van der Waals surface area (Å²) in [6, 6.07) is 0.409. The molecule has 0 aliphatic carbocycles. The third kappa shape index (κ3) is 5.92. The van der Waals surface area contributed by atoms with Gasteiger partial charge in [-0.25, -0.2) is 0 Å². The Balaban J connectivity index is 3.29. The molecule has 0 bridgehead atoms. The van der Waals surface area contributed by atoms with Crippen molar-refractivity contribution in [3.63, 3.8) is 0 Å². The minimum atomic E-state index is 0.0771. The van der Waals surface area contributed by atoms with Gasteiger partial charge in [-0.1, -0.05) is 6.08 Å². The molecule has 0 saturated carbocycles. The van der Waals surface area contributed by atoms with Crippen molar-refractivity contribution in [1.82, 2.24) is 10.6 Å². The SMILES string of the molecule is C=CCC(C)NCCC(=O)NC. The fraction of sp³-hybridized carbons (Fsp3) is 0.667. The standard InChI is InChI=1S/C9H18N2O/c1-4-5-8(2)11-7-6-9(12)10-3/h4,8,11H,1,5-7H2,2-3H3,(H,10,12). The quantitative estimate of drug-likeness (QED) is 0.575. The molecule has 0 aromatic carbocycles. The maximum absolute atomic E-state index is 10.8. The van der Waals surface area contributed by atoms with Crippen LogP contribution < -0.4 is 10.6 Å². The van der Waals surface area contributed by atoms with E-state index in [2.05, 4.69) is 24.1 Å². The summed E-state index contributed by atoms with van der Waals surface area (Å²) in [6.07, 6.45) is 3.35. The number of hydrogen-bond donors (Lipinski definition) is 2. The van der Waals surface area contributed by atoms with E-state index >= 15 is 0 Å². The third-order valence-electron chi connectivity index (χ3n) is 1.64. The normalized spacial score (nSPS) is 12.2. The summed E-state index contributed by atoms with van der Waals surface area (Å²) in [5.74, 6) is 0.0771. The van der Waals surface area contributed by atoms with Crippen LogP contribution in [-0.4, -0.2) is 25.5 Å². The topological polar surface area (TPSA) is 41.1 Å². The molecule has 1 amide bonds. The molecule has 2 N–H and O–H groups in total. The Kier molecular flexibility index (Phi) is 6.38. The van der Waals surface area contributed by atoms with Crippen molar-refractivity contribution < 1.29 is 4.79 Å². The van der Waals surface area contributed by atoms with Crippen LogP contribution in [-0.2, 0) is 4.79 Å². The van der Waals surface area contributed by atoms with E-state index in [9.17, 15) is 4.79 Å². The fourth-order valence-corrected chi connectivity index (χ4v) is 0.890. The zero-order chi connectivity index (χ0) is 9.40. The van der Waals surface area contributed by atoms with Crippen molar-refractivity contribution in [2.75, 3.05) is 13.6 Å². The Morgan fingerprint density at radius 1 is 1.67 bits per heavy atom. The Labute approximate surface area is 74.2 Å². The lowest BCUT2D eigenvalue weighted by molar-refractivity contribution is -0.120. The van der Waals surface area contributed by atoms with Crippen LogP contribution in [0.2, 0.25) is 0 Å². The molecule has 0 aliphatic heterocycles. The maximum atomic E-state index is 10.8. The zero-order valence-corrected chi connectivity index (χ0v) is 7.89. The predicted molar refractivity (Wildman–Crippen MR) is 51.0 cm³/mol. The second kappa shape index (κ2) is 6.85. The molecule has 0 heterocycles. The first-order valence-electron chi connectivity index (χ1n) is 4.25. The number of carbonyl (C=O) groups is 1. The highest BCUT2D eigenvalue weighted by Crippen LogP contribution is 1.90. The minimum Gasteiger partial charge on any atom is -0.359 e. The van der Waals surface area contributed by atoms with Gasteiger partial charge in [-0.2, -0.15) is 0 Å². The lowest BCUT2D eigenvalue weighted by Gasteiger charge is -2.10. The Morgan fingerprint density at radius 2 is 2.33 bits per heavy atom. The highest BCUT2D eigenvalue weighted by molar-refractivity contribution is 5.75. The monoisotopic (exact) mass is 170 g/mol. The summed E-state index contributed by atoms with van der Waals surface area (Å²) in [5.41, 5.74) is 0. The first-order valence-corrected chi connectivity index (χ1v) is 4.25. The molecule has 0 aromatic rings. The molecule has 0 aromatic heterocycles. The van der Waals surface area contributed by atoms with Crippen LogP contribution in [0.25, 0.3) is 0 Å². The summed E-state index contributed by atoms with van der Waals surface area (Å²) in [4.78, 5) is 10.8. The molecule has 1 unspecified atom stereocenters. The molecular weight excluding hydrogens is 152 g/mol. The molecule has 3 heteroatoms. The molecule has 0 fully saturated rings. The summed E-state index contributed by atoms with van der Waals surface area (Å²) in [7, 11) is 1.65. The average Bonchev–Trinajstić information content (AvgIpc) is 2.04. The zero-order valence-electron chi connectivity index (χ0n) is 7.89. The van der Waals surface area contributed by atoms with Crippen molar-refractivity contribution >= 4 is 5.91 Å². The van der Waals surface area contributed by atoms with Crippen molar-refractivity contribution in [3.8, 4) is 0 Å². The van der Waals surface area contributed by atoms with E-state index in [-0.39, 0.29) is 5.91 Å². The van der Waals surface area contributed by atoms with Crippen LogP contribution in [0, 0.1) is 0 Å². The Bertz CT molecular complexity index is 145. The lowest BCUT2D eigenvalue weighted by atomic mass is 10.2. The molecule has 0 saturated heterocycles. The van der Waals surface area contributed by atoms with Crippen molar-refractivity contribution in [2.45, 2.75) is 25.8 Å². The van der Waals surface area contributed by atoms with Gasteiger partial charge in [-0.3, -0.25) is 4.79 Å². The molecule has 0 rings (SSSR count). The molecule has 70 valence electrons. The molecule has 0 aliphatic rings. The Hall–Kier alpha value is -0.830. The van der Waals surface area contributed by atoms with E-state index in [1.807, 2.05) is 6.08 Å². The van der Waals surface area contributed by atoms with Crippen LogP contribution in [0.1, 0.15) is 19.8 Å². The summed E-state index contributed by atoms with van der Waals surface area (Å²) >= 11 is 0. The first kappa shape index (κ1) is 11.2. The maximum Gasteiger partial charge on any atom is 0.221 e. The van der Waals surface area contributed by atoms with E-state index in [1.165, 1.54) is 0 Å². The van der Waals surface area contributed by atoms with Crippen LogP contribution in [0.4, 0.5) is 0 Å². The Morgan fingerprint density at radius 3 is 2.83 bits per heavy atom. The number of rotatable bonds is 6. The predicted octanol–water partition coefficient (Wildman–Crippen LogP) is 0.677. The van der Waals surface area contributed by atoms with E-state index in [1.54, 1.807) is 7.05 Å². The molecule has 12 heavy (non-hydrogen) atoms. The first-order chi connectivity index (χ1) is 5.70. The van der Waals surface area contributed by atoms with Gasteiger partial charge in [0, 0.05) is 26.1 Å². The molecule has 0 radical (unpaired) electrons. The second-order valence-corrected chi connectivity index (χ2v) is 2.80. The number of carbonyl (C=O) groups excluding carboxylic acids is 1. The largest absolute Gasteiger partial charge is 0.359 e. The van der Waals surface area contributed by atoms with Gasteiger partial charge in [0.25, 0.3) is 0 Å². The average molecular weight is 170 g/mol. The number of hydrogen-bond acceptors (Lipinski definition) is 2. The highest BCUT2D eigenvalue weighted by Gasteiger charge is 2.00. The molecule has 3 nitrogen and oxygen atoms in total. The summed E-state index contributed by atoms with van der Waals surface area (Å²) < 4.78 is 0. The smallest absolute Gasteiger partial charge is 0.221 e. The van der Waals surface area contributed by atoms with Gasteiger partial charge in [0.05, 0.1) is 0 Å². The van der Waals surface area contributed by atoms with E-state index < -0.39 is 0 Å².